The summed E-state index contributed by atoms with van der Waals surface area (Å²) < 4.78 is 29.5. The maximum atomic E-state index is 11.3. The third kappa shape index (κ3) is 2.55. The summed E-state index contributed by atoms with van der Waals surface area (Å²) in [6.07, 6.45) is 3.96. The van der Waals surface area contributed by atoms with E-state index in [4.69, 9.17) is 4.42 Å². The average Bonchev–Trinajstić information content (AvgIpc) is 2.74. The third-order valence-corrected chi connectivity index (χ3v) is 3.41. The second-order valence-electron chi connectivity index (χ2n) is 3.89. The van der Waals surface area contributed by atoms with Crippen LogP contribution >= 0.6 is 0 Å². The van der Waals surface area contributed by atoms with Crippen molar-refractivity contribution in [3.8, 4) is 0 Å². The van der Waals surface area contributed by atoms with Gasteiger partial charge in [0, 0.05) is 19.4 Å². The Morgan fingerprint density at radius 1 is 1.41 bits per heavy atom. The van der Waals surface area contributed by atoms with Crippen molar-refractivity contribution in [3.63, 3.8) is 0 Å². The molecule has 0 amide bonds. The highest BCUT2D eigenvalue weighted by Crippen LogP contribution is 2.12. The van der Waals surface area contributed by atoms with Crippen molar-refractivity contribution in [2.75, 3.05) is 6.26 Å². The summed E-state index contributed by atoms with van der Waals surface area (Å²) in [6.45, 7) is 3.98. The highest BCUT2D eigenvalue weighted by atomic mass is 32.2. The minimum Gasteiger partial charge on any atom is -0.444 e. The van der Waals surface area contributed by atoms with Crippen LogP contribution in [0.2, 0.25) is 0 Å². The van der Waals surface area contributed by atoms with Gasteiger partial charge in [0.15, 0.2) is 15.7 Å². The Morgan fingerprint density at radius 3 is 2.59 bits per heavy atom. The van der Waals surface area contributed by atoms with Crippen LogP contribution in [0.15, 0.2) is 21.7 Å². The number of hydrogen-bond donors (Lipinski definition) is 0. The SMILES string of the molecule is Cc1nc(C)c(Cn2cc(S(C)(=O)=O)cn2)o1. The molecule has 7 heteroatoms. The first-order valence-electron chi connectivity index (χ1n) is 5.01. The zero-order valence-corrected chi connectivity index (χ0v) is 10.7. The molecule has 17 heavy (non-hydrogen) atoms. The molecule has 0 aliphatic rings. The van der Waals surface area contributed by atoms with Gasteiger partial charge in [0.05, 0.1) is 11.9 Å². The molecule has 92 valence electrons. The van der Waals surface area contributed by atoms with Gasteiger partial charge in [0.2, 0.25) is 0 Å². The summed E-state index contributed by atoms with van der Waals surface area (Å²) in [5, 5.41) is 3.98. The van der Waals surface area contributed by atoms with Crippen LogP contribution in [0.1, 0.15) is 17.3 Å². The van der Waals surface area contributed by atoms with E-state index in [9.17, 15) is 8.42 Å². The summed E-state index contributed by atoms with van der Waals surface area (Å²) in [4.78, 5) is 4.34. The van der Waals surface area contributed by atoms with Gasteiger partial charge >= 0.3 is 0 Å². The molecule has 6 nitrogen and oxygen atoms in total. The van der Waals surface area contributed by atoms with Crippen LogP contribution in [-0.4, -0.2) is 29.4 Å². The number of oxazole rings is 1. The molecule has 0 aliphatic carbocycles. The average molecular weight is 255 g/mol. The van der Waals surface area contributed by atoms with Crippen molar-refractivity contribution < 1.29 is 12.8 Å². The van der Waals surface area contributed by atoms with Crippen LogP contribution in [-0.2, 0) is 16.4 Å². The lowest BCUT2D eigenvalue weighted by atomic mass is 10.4. The van der Waals surface area contributed by atoms with Crippen LogP contribution in [0, 0.1) is 13.8 Å². The number of hydrogen-bond acceptors (Lipinski definition) is 5. The van der Waals surface area contributed by atoms with E-state index in [1.165, 1.54) is 17.1 Å². The first-order valence-corrected chi connectivity index (χ1v) is 6.91. The van der Waals surface area contributed by atoms with Gasteiger partial charge in [-0.15, -0.1) is 0 Å². The Balaban J connectivity index is 2.26. The molecule has 0 unspecified atom stereocenters. The molecule has 0 aliphatic heterocycles. The predicted molar refractivity (Wildman–Crippen MR) is 60.4 cm³/mol. The smallest absolute Gasteiger partial charge is 0.191 e. The normalized spacial score (nSPS) is 11.9. The summed E-state index contributed by atoms with van der Waals surface area (Å²) >= 11 is 0. The van der Waals surface area contributed by atoms with Gasteiger partial charge in [-0.05, 0) is 6.92 Å². The van der Waals surface area contributed by atoms with Crippen molar-refractivity contribution >= 4 is 9.84 Å². The first kappa shape index (κ1) is 11.8. The molecule has 2 rings (SSSR count). The molecule has 0 radical (unpaired) electrons. The fourth-order valence-corrected chi connectivity index (χ4v) is 2.04. The van der Waals surface area contributed by atoms with Crippen molar-refractivity contribution in [2.24, 2.45) is 0 Å². The van der Waals surface area contributed by atoms with E-state index >= 15 is 0 Å². The van der Waals surface area contributed by atoms with Crippen molar-refractivity contribution in [2.45, 2.75) is 25.3 Å². The minimum atomic E-state index is -3.21. The maximum absolute atomic E-state index is 11.3. The molecular formula is C10H13N3O3S. The Labute approximate surface area is 99.2 Å². The molecule has 0 atom stereocenters. The van der Waals surface area contributed by atoms with Crippen LogP contribution < -0.4 is 0 Å². The van der Waals surface area contributed by atoms with E-state index in [-0.39, 0.29) is 4.90 Å². The molecule has 0 spiro atoms. The summed E-state index contributed by atoms with van der Waals surface area (Å²) in [5.41, 5.74) is 0.791. The number of aryl methyl sites for hydroxylation is 2. The van der Waals surface area contributed by atoms with E-state index in [2.05, 4.69) is 10.1 Å². The van der Waals surface area contributed by atoms with E-state index in [0.29, 0.717) is 18.2 Å². The van der Waals surface area contributed by atoms with Gasteiger partial charge in [-0.1, -0.05) is 0 Å². The monoisotopic (exact) mass is 255 g/mol. The van der Waals surface area contributed by atoms with Gasteiger partial charge in [0.25, 0.3) is 0 Å². The molecule has 0 N–H and O–H groups in total. The summed E-state index contributed by atoms with van der Waals surface area (Å²) in [6, 6.07) is 0. The van der Waals surface area contributed by atoms with E-state index < -0.39 is 9.84 Å². The van der Waals surface area contributed by atoms with Gasteiger partial charge < -0.3 is 4.42 Å². The Kier molecular flexibility index (Phi) is 2.78. The van der Waals surface area contributed by atoms with E-state index in [1.54, 1.807) is 6.92 Å². The number of aromatic nitrogens is 3. The zero-order chi connectivity index (χ0) is 12.6. The second-order valence-corrected chi connectivity index (χ2v) is 5.90. The molecule has 0 saturated heterocycles. The van der Waals surface area contributed by atoms with Crippen molar-refractivity contribution in [1.29, 1.82) is 0 Å². The molecule has 0 saturated carbocycles. The summed E-state index contributed by atoms with van der Waals surface area (Å²) in [7, 11) is -3.21. The number of rotatable bonds is 3. The lowest BCUT2D eigenvalue weighted by molar-refractivity contribution is 0.451. The molecule has 2 heterocycles. The van der Waals surface area contributed by atoms with E-state index in [1.807, 2.05) is 6.92 Å². The zero-order valence-electron chi connectivity index (χ0n) is 9.84. The molecule has 2 aromatic heterocycles. The van der Waals surface area contributed by atoms with Crippen LogP contribution in [0.5, 0.6) is 0 Å². The highest BCUT2D eigenvalue weighted by molar-refractivity contribution is 7.90. The molecule has 0 bridgehead atoms. The molecule has 0 aromatic carbocycles. The predicted octanol–water partition coefficient (Wildman–Crippen LogP) is 0.940. The lowest BCUT2D eigenvalue weighted by Gasteiger charge is -1.97. The van der Waals surface area contributed by atoms with Crippen molar-refractivity contribution in [3.05, 3.63) is 29.7 Å². The van der Waals surface area contributed by atoms with Gasteiger partial charge in [-0.25, -0.2) is 13.4 Å². The van der Waals surface area contributed by atoms with Gasteiger partial charge in [-0.3, -0.25) is 4.68 Å². The number of nitrogens with zero attached hydrogens (tertiary/aromatic N) is 3. The topological polar surface area (TPSA) is 78.0 Å². The second kappa shape index (κ2) is 3.99. The Hall–Kier alpha value is -1.63. The Morgan fingerprint density at radius 2 is 2.12 bits per heavy atom. The first-order chi connectivity index (χ1) is 7.86. The van der Waals surface area contributed by atoms with Gasteiger partial charge in [0.1, 0.15) is 17.2 Å². The standard InChI is InChI=1S/C10H13N3O3S/c1-7-10(16-8(2)12-7)6-13-5-9(4-11-13)17(3,14)15/h4-5H,6H2,1-3H3. The van der Waals surface area contributed by atoms with Crippen molar-refractivity contribution in [1.82, 2.24) is 14.8 Å². The molecule has 0 fully saturated rings. The quantitative estimate of drug-likeness (QED) is 0.815. The molecular weight excluding hydrogens is 242 g/mol. The fraction of sp³-hybridized carbons (Fsp3) is 0.400. The lowest BCUT2D eigenvalue weighted by Crippen LogP contribution is -2.00. The van der Waals surface area contributed by atoms with Crippen LogP contribution in [0.4, 0.5) is 0 Å². The molecule has 2 aromatic rings. The Bertz CT molecular complexity index is 640. The van der Waals surface area contributed by atoms with Crippen LogP contribution in [0.3, 0.4) is 0 Å². The highest BCUT2D eigenvalue weighted by Gasteiger charge is 2.12. The third-order valence-electron chi connectivity index (χ3n) is 2.34. The number of sulfone groups is 1. The largest absolute Gasteiger partial charge is 0.444 e. The summed E-state index contributed by atoms with van der Waals surface area (Å²) in [5.74, 6) is 1.28. The minimum absolute atomic E-state index is 0.200. The maximum Gasteiger partial charge on any atom is 0.191 e. The van der Waals surface area contributed by atoms with E-state index in [0.717, 1.165) is 11.9 Å². The fourth-order valence-electron chi connectivity index (χ4n) is 1.49. The van der Waals surface area contributed by atoms with Crippen LogP contribution in [0.25, 0.3) is 0 Å². The van der Waals surface area contributed by atoms with Gasteiger partial charge in [-0.2, -0.15) is 5.10 Å².